The molecular weight excluding hydrogens is 350 g/mol. The molecule has 1 heteroatoms. The lowest BCUT2D eigenvalue weighted by molar-refractivity contribution is 0.866. The molecule has 3 aromatic carbocycles. The molecule has 0 aliphatic heterocycles. The number of nitrogens with zero attached hydrogens (tertiary/aromatic N) is 1. The van der Waals surface area contributed by atoms with E-state index in [9.17, 15) is 0 Å². The van der Waals surface area contributed by atoms with Crippen LogP contribution in [0.3, 0.4) is 0 Å². The predicted molar refractivity (Wildman–Crippen MR) is 124 cm³/mol. The highest BCUT2D eigenvalue weighted by Gasteiger charge is 2.17. The summed E-state index contributed by atoms with van der Waals surface area (Å²) in [6.45, 7) is 4.49. The van der Waals surface area contributed by atoms with Crippen molar-refractivity contribution in [2.24, 2.45) is 7.05 Å². The zero-order valence-electron chi connectivity index (χ0n) is 17.6. The first-order valence-electron chi connectivity index (χ1n) is 10.5. The molecule has 1 nitrogen and oxygen atoms in total. The molecule has 0 N–H and O–H groups in total. The predicted octanol–water partition coefficient (Wildman–Crippen LogP) is 7.27. The lowest BCUT2D eigenvalue weighted by atomic mass is 9.93. The maximum atomic E-state index is 2.32. The standard InChI is InChI=1S/C28H29N/c1-21(2)23-16-18-25(19-17-23)28-27(24-12-8-5-9-13-24)26(20-29(28)3)15-14-22-10-6-4-7-11-22/h4-13,16-21H,14-15H2,1-3H3. The second-order valence-corrected chi connectivity index (χ2v) is 8.12. The topological polar surface area (TPSA) is 4.93 Å². The van der Waals surface area contributed by atoms with E-state index in [1.165, 1.54) is 39.1 Å². The van der Waals surface area contributed by atoms with Crippen molar-refractivity contribution in [3.8, 4) is 22.4 Å². The van der Waals surface area contributed by atoms with E-state index in [1.807, 2.05) is 0 Å². The van der Waals surface area contributed by atoms with Crippen molar-refractivity contribution in [3.63, 3.8) is 0 Å². The van der Waals surface area contributed by atoms with Crippen molar-refractivity contribution in [1.29, 1.82) is 0 Å². The second-order valence-electron chi connectivity index (χ2n) is 8.12. The maximum absolute atomic E-state index is 2.32. The minimum atomic E-state index is 0.549. The smallest absolute Gasteiger partial charge is 0.0560 e. The van der Waals surface area contributed by atoms with Crippen LogP contribution in [0.4, 0.5) is 0 Å². The van der Waals surface area contributed by atoms with Gasteiger partial charge in [0.25, 0.3) is 0 Å². The molecule has 0 radical (unpaired) electrons. The molecule has 1 aromatic heterocycles. The monoisotopic (exact) mass is 379 g/mol. The molecule has 0 amide bonds. The van der Waals surface area contributed by atoms with Crippen molar-refractivity contribution >= 4 is 0 Å². The molecule has 146 valence electrons. The number of benzene rings is 3. The van der Waals surface area contributed by atoms with Crippen LogP contribution in [0, 0.1) is 0 Å². The lowest BCUT2D eigenvalue weighted by Crippen LogP contribution is -1.94. The Morgan fingerprint density at radius 1 is 0.690 bits per heavy atom. The van der Waals surface area contributed by atoms with Gasteiger partial charge in [-0.05, 0) is 46.6 Å². The van der Waals surface area contributed by atoms with Gasteiger partial charge < -0.3 is 4.57 Å². The van der Waals surface area contributed by atoms with Gasteiger partial charge >= 0.3 is 0 Å². The Morgan fingerprint density at radius 2 is 1.31 bits per heavy atom. The maximum Gasteiger partial charge on any atom is 0.0560 e. The van der Waals surface area contributed by atoms with Crippen molar-refractivity contribution in [3.05, 3.63) is 108 Å². The van der Waals surface area contributed by atoms with Crippen LogP contribution in [-0.2, 0) is 19.9 Å². The van der Waals surface area contributed by atoms with Crippen LogP contribution in [0.2, 0.25) is 0 Å². The summed E-state index contributed by atoms with van der Waals surface area (Å²) >= 11 is 0. The molecule has 0 aliphatic carbocycles. The van der Waals surface area contributed by atoms with Gasteiger partial charge in [0.1, 0.15) is 0 Å². The third-order valence-corrected chi connectivity index (χ3v) is 5.70. The average Bonchev–Trinajstić information content (AvgIpc) is 3.09. The van der Waals surface area contributed by atoms with Crippen LogP contribution in [-0.4, -0.2) is 4.57 Å². The molecule has 29 heavy (non-hydrogen) atoms. The average molecular weight is 380 g/mol. The molecule has 0 aliphatic rings. The summed E-state index contributed by atoms with van der Waals surface area (Å²) in [5.41, 5.74) is 9.41. The Labute approximate surface area is 174 Å². The fourth-order valence-electron chi connectivity index (χ4n) is 4.11. The Balaban J connectivity index is 1.77. The van der Waals surface area contributed by atoms with E-state index in [-0.39, 0.29) is 0 Å². The summed E-state index contributed by atoms with van der Waals surface area (Å²) in [5, 5.41) is 0. The third kappa shape index (κ3) is 4.19. The number of rotatable bonds is 6. The Kier molecular flexibility index (Phi) is 5.67. The van der Waals surface area contributed by atoms with Gasteiger partial charge in [-0.2, -0.15) is 0 Å². The van der Waals surface area contributed by atoms with Gasteiger partial charge in [0.2, 0.25) is 0 Å². The summed E-state index contributed by atoms with van der Waals surface area (Å²) in [6, 6.07) is 30.7. The van der Waals surface area contributed by atoms with Gasteiger partial charge in [0.05, 0.1) is 5.69 Å². The van der Waals surface area contributed by atoms with E-state index < -0.39 is 0 Å². The van der Waals surface area contributed by atoms with Gasteiger partial charge in [-0.15, -0.1) is 0 Å². The van der Waals surface area contributed by atoms with Crippen molar-refractivity contribution < 1.29 is 0 Å². The molecule has 0 unspecified atom stereocenters. The number of hydrogen-bond donors (Lipinski definition) is 0. The van der Waals surface area contributed by atoms with E-state index >= 15 is 0 Å². The number of hydrogen-bond acceptors (Lipinski definition) is 0. The van der Waals surface area contributed by atoms with Gasteiger partial charge in [0.15, 0.2) is 0 Å². The summed E-state index contributed by atoms with van der Waals surface area (Å²) < 4.78 is 2.30. The van der Waals surface area contributed by atoms with Crippen LogP contribution >= 0.6 is 0 Å². The normalized spacial score (nSPS) is 11.2. The second kappa shape index (κ2) is 8.53. The zero-order valence-corrected chi connectivity index (χ0v) is 17.6. The molecular formula is C28H29N. The first-order valence-corrected chi connectivity index (χ1v) is 10.5. The number of aryl methyl sites for hydroxylation is 3. The summed E-state index contributed by atoms with van der Waals surface area (Å²) in [4.78, 5) is 0. The van der Waals surface area contributed by atoms with Gasteiger partial charge in [-0.3, -0.25) is 0 Å². The SMILES string of the molecule is CC(C)c1ccc(-c2c(-c3ccccc3)c(CCc3ccccc3)cn2C)cc1. The van der Waals surface area contributed by atoms with Gasteiger partial charge in [-0.1, -0.05) is 98.8 Å². The lowest BCUT2D eigenvalue weighted by Gasteiger charge is -2.12. The molecule has 0 atom stereocenters. The molecule has 1 heterocycles. The molecule has 0 saturated carbocycles. The van der Waals surface area contributed by atoms with Crippen LogP contribution in [0.1, 0.15) is 36.5 Å². The Morgan fingerprint density at radius 3 is 1.93 bits per heavy atom. The van der Waals surface area contributed by atoms with E-state index in [2.05, 4.69) is 117 Å². The largest absolute Gasteiger partial charge is 0.350 e. The first-order chi connectivity index (χ1) is 14.1. The van der Waals surface area contributed by atoms with Crippen LogP contribution in [0.25, 0.3) is 22.4 Å². The third-order valence-electron chi connectivity index (χ3n) is 5.70. The highest BCUT2D eigenvalue weighted by molar-refractivity contribution is 5.84. The minimum absolute atomic E-state index is 0.549. The Hall–Kier alpha value is -3.06. The molecule has 0 fully saturated rings. The van der Waals surface area contributed by atoms with E-state index in [4.69, 9.17) is 0 Å². The fourth-order valence-corrected chi connectivity index (χ4v) is 4.11. The highest BCUT2D eigenvalue weighted by atomic mass is 14.9. The fraction of sp³-hybridized carbons (Fsp3) is 0.214. The van der Waals surface area contributed by atoms with E-state index in [1.54, 1.807) is 0 Å². The summed E-state index contributed by atoms with van der Waals surface area (Å²) in [6.07, 6.45) is 4.40. The van der Waals surface area contributed by atoms with Gasteiger partial charge in [0, 0.05) is 18.8 Å². The first kappa shape index (κ1) is 19.3. The minimum Gasteiger partial charge on any atom is -0.350 e. The van der Waals surface area contributed by atoms with Gasteiger partial charge in [-0.25, -0.2) is 0 Å². The zero-order chi connectivity index (χ0) is 20.2. The van der Waals surface area contributed by atoms with E-state index in [0.717, 1.165) is 12.8 Å². The summed E-state index contributed by atoms with van der Waals surface area (Å²) in [5.74, 6) is 0.549. The van der Waals surface area contributed by atoms with Crippen LogP contribution in [0.15, 0.2) is 91.1 Å². The molecule has 0 saturated heterocycles. The van der Waals surface area contributed by atoms with Crippen molar-refractivity contribution in [2.45, 2.75) is 32.6 Å². The number of aromatic nitrogens is 1. The van der Waals surface area contributed by atoms with Crippen LogP contribution in [0.5, 0.6) is 0 Å². The van der Waals surface area contributed by atoms with Crippen molar-refractivity contribution in [1.82, 2.24) is 4.57 Å². The van der Waals surface area contributed by atoms with Crippen molar-refractivity contribution in [2.75, 3.05) is 0 Å². The molecule has 4 rings (SSSR count). The molecule has 0 spiro atoms. The van der Waals surface area contributed by atoms with Crippen LogP contribution < -0.4 is 0 Å². The highest BCUT2D eigenvalue weighted by Crippen LogP contribution is 2.37. The molecule has 0 bridgehead atoms. The Bertz CT molecular complexity index is 1050. The summed E-state index contributed by atoms with van der Waals surface area (Å²) in [7, 11) is 2.17. The quantitative estimate of drug-likeness (QED) is 0.332. The van der Waals surface area contributed by atoms with E-state index in [0.29, 0.717) is 5.92 Å². The molecule has 4 aromatic rings.